The standard InChI is InChI=1S/C12H16FN3O3S/c1-7-4-8(14)5-10(12(7)13)20(18,19)15-6-9-2-3-11(17)16-9/h4-5,9,15H,2-3,6,14H2,1H3,(H,16,17). The van der Waals surface area contributed by atoms with Crippen LogP contribution in [0.5, 0.6) is 0 Å². The van der Waals surface area contributed by atoms with Crippen molar-refractivity contribution in [3.63, 3.8) is 0 Å². The molecule has 0 saturated carbocycles. The SMILES string of the molecule is Cc1cc(N)cc(S(=O)(=O)NCC2CCC(=O)N2)c1F. The van der Waals surface area contributed by atoms with Crippen LogP contribution in [0.1, 0.15) is 18.4 Å². The Morgan fingerprint density at radius 1 is 1.50 bits per heavy atom. The van der Waals surface area contributed by atoms with E-state index in [1.807, 2.05) is 0 Å². The van der Waals surface area contributed by atoms with E-state index in [4.69, 9.17) is 5.73 Å². The molecule has 8 heteroatoms. The third-order valence-electron chi connectivity index (χ3n) is 3.14. The van der Waals surface area contributed by atoms with E-state index >= 15 is 0 Å². The lowest BCUT2D eigenvalue weighted by Gasteiger charge is -2.13. The van der Waals surface area contributed by atoms with Crippen LogP contribution in [0.15, 0.2) is 17.0 Å². The minimum absolute atomic E-state index is 0.0291. The van der Waals surface area contributed by atoms with Crippen molar-refractivity contribution >= 4 is 21.6 Å². The molecule has 1 amide bonds. The van der Waals surface area contributed by atoms with Crippen LogP contribution in [-0.4, -0.2) is 26.9 Å². The summed E-state index contributed by atoms with van der Waals surface area (Å²) >= 11 is 0. The van der Waals surface area contributed by atoms with Crippen molar-refractivity contribution in [2.45, 2.75) is 30.7 Å². The van der Waals surface area contributed by atoms with Crippen molar-refractivity contribution in [3.8, 4) is 0 Å². The van der Waals surface area contributed by atoms with E-state index in [0.717, 1.165) is 6.07 Å². The number of anilines is 1. The molecule has 1 atom stereocenters. The van der Waals surface area contributed by atoms with Crippen LogP contribution in [0.3, 0.4) is 0 Å². The average Bonchev–Trinajstić information content (AvgIpc) is 2.77. The Hall–Kier alpha value is -1.67. The maximum atomic E-state index is 13.9. The maximum absolute atomic E-state index is 13.9. The quantitative estimate of drug-likeness (QED) is 0.695. The van der Waals surface area contributed by atoms with Gasteiger partial charge in [-0.2, -0.15) is 0 Å². The lowest BCUT2D eigenvalue weighted by molar-refractivity contribution is -0.119. The van der Waals surface area contributed by atoms with Crippen LogP contribution in [-0.2, 0) is 14.8 Å². The Kier molecular flexibility index (Phi) is 3.96. The fourth-order valence-electron chi connectivity index (χ4n) is 2.08. The second-order valence-electron chi connectivity index (χ2n) is 4.80. The molecule has 1 aromatic carbocycles. The molecule has 6 nitrogen and oxygen atoms in total. The van der Waals surface area contributed by atoms with E-state index in [2.05, 4.69) is 10.0 Å². The van der Waals surface area contributed by atoms with Crippen LogP contribution in [0.4, 0.5) is 10.1 Å². The Labute approximate surface area is 116 Å². The van der Waals surface area contributed by atoms with Crippen LogP contribution in [0.2, 0.25) is 0 Å². The summed E-state index contributed by atoms with van der Waals surface area (Å²) < 4.78 is 40.3. The third-order valence-corrected chi connectivity index (χ3v) is 4.56. The summed E-state index contributed by atoms with van der Waals surface area (Å²) in [6.07, 6.45) is 0.929. The predicted molar refractivity (Wildman–Crippen MR) is 71.9 cm³/mol. The van der Waals surface area contributed by atoms with Gasteiger partial charge in [-0.05, 0) is 31.0 Å². The van der Waals surface area contributed by atoms with Gasteiger partial charge in [-0.25, -0.2) is 17.5 Å². The second kappa shape index (κ2) is 5.37. The monoisotopic (exact) mass is 301 g/mol. The van der Waals surface area contributed by atoms with Gasteiger partial charge in [0.05, 0.1) is 0 Å². The first-order chi connectivity index (χ1) is 9.29. The van der Waals surface area contributed by atoms with Crippen molar-refractivity contribution in [2.75, 3.05) is 12.3 Å². The summed E-state index contributed by atoms with van der Waals surface area (Å²) in [5, 5.41) is 2.63. The van der Waals surface area contributed by atoms with Crippen molar-refractivity contribution in [3.05, 3.63) is 23.5 Å². The number of carbonyl (C=O) groups is 1. The van der Waals surface area contributed by atoms with E-state index in [0.29, 0.717) is 12.8 Å². The molecule has 0 spiro atoms. The zero-order valence-corrected chi connectivity index (χ0v) is 11.8. The number of sulfonamides is 1. The molecule has 1 aromatic rings. The Morgan fingerprint density at radius 3 is 2.80 bits per heavy atom. The smallest absolute Gasteiger partial charge is 0.243 e. The first-order valence-electron chi connectivity index (χ1n) is 6.14. The van der Waals surface area contributed by atoms with E-state index in [9.17, 15) is 17.6 Å². The van der Waals surface area contributed by atoms with Gasteiger partial charge in [0.25, 0.3) is 0 Å². The van der Waals surface area contributed by atoms with Crippen LogP contribution >= 0.6 is 0 Å². The van der Waals surface area contributed by atoms with Gasteiger partial charge in [0.1, 0.15) is 10.7 Å². The number of hydrogen-bond acceptors (Lipinski definition) is 4. The van der Waals surface area contributed by atoms with E-state index in [1.54, 1.807) is 0 Å². The molecule has 1 aliphatic rings. The minimum atomic E-state index is -4.00. The van der Waals surface area contributed by atoms with Gasteiger partial charge >= 0.3 is 0 Å². The predicted octanol–water partition coefficient (Wildman–Crippen LogP) is 0.273. The third kappa shape index (κ3) is 3.07. The number of aryl methyl sites for hydroxylation is 1. The molecule has 1 fully saturated rings. The molecule has 110 valence electrons. The molecular weight excluding hydrogens is 285 g/mol. The summed E-state index contributed by atoms with van der Waals surface area (Å²) in [6.45, 7) is 1.48. The Morgan fingerprint density at radius 2 is 2.20 bits per heavy atom. The van der Waals surface area contributed by atoms with Crippen molar-refractivity contribution < 1.29 is 17.6 Å². The fourth-order valence-corrected chi connectivity index (χ4v) is 3.34. The number of rotatable bonds is 4. The number of nitrogens with two attached hydrogens (primary N) is 1. The van der Waals surface area contributed by atoms with Crippen molar-refractivity contribution in [1.29, 1.82) is 0 Å². The first kappa shape index (κ1) is 14.7. The minimum Gasteiger partial charge on any atom is -0.399 e. The van der Waals surface area contributed by atoms with Gasteiger partial charge in [-0.1, -0.05) is 0 Å². The molecule has 2 rings (SSSR count). The van der Waals surface area contributed by atoms with Gasteiger partial charge < -0.3 is 11.1 Å². The summed E-state index contributed by atoms with van der Waals surface area (Å²) in [7, 11) is -4.00. The number of nitrogen functional groups attached to an aromatic ring is 1. The zero-order chi connectivity index (χ0) is 14.9. The van der Waals surface area contributed by atoms with Crippen LogP contribution in [0.25, 0.3) is 0 Å². The molecule has 1 aliphatic heterocycles. The van der Waals surface area contributed by atoms with E-state index < -0.39 is 20.7 Å². The van der Waals surface area contributed by atoms with Gasteiger partial charge in [-0.3, -0.25) is 4.79 Å². The molecule has 1 heterocycles. The highest BCUT2D eigenvalue weighted by atomic mass is 32.2. The van der Waals surface area contributed by atoms with Crippen molar-refractivity contribution in [2.24, 2.45) is 0 Å². The lowest BCUT2D eigenvalue weighted by atomic mass is 10.2. The number of halogens is 1. The Bertz CT molecular complexity index is 646. The number of nitrogens with one attached hydrogen (secondary N) is 2. The summed E-state index contributed by atoms with van der Waals surface area (Å²) in [6, 6.07) is 2.19. The number of hydrogen-bond donors (Lipinski definition) is 3. The summed E-state index contributed by atoms with van der Waals surface area (Å²) in [5.41, 5.74) is 5.89. The molecule has 20 heavy (non-hydrogen) atoms. The topological polar surface area (TPSA) is 101 Å². The highest BCUT2D eigenvalue weighted by Gasteiger charge is 2.25. The van der Waals surface area contributed by atoms with E-state index in [-0.39, 0.29) is 29.7 Å². The molecule has 1 unspecified atom stereocenters. The van der Waals surface area contributed by atoms with Gasteiger partial charge in [-0.15, -0.1) is 0 Å². The van der Waals surface area contributed by atoms with Gasteiger partial charge in [0, 0.05) is 24.7 Å². The molecule has 0 bridgehead atoms. The Balaban J connectivity index is 2.16. The maximum Gasteiger partial charge on any atom is 0.243 e. The van der Waals surface area contributed by atoms with Gasteiger partial charge in [0.2, 0.25) is 15.9 Å². The highest BCUT2D eigenvalue weighted by molar-refractivity contribution is 7.89. The highest BCUT2D eigenvalue weighted by Crippen LogP contribution is 2.21. The number of carbonyl (C=O) groups excluding carboxylic acids is 1. The number of amides is 1. The zero-order valence-electron chi connectivity index (χ0n) is 10.9. The fraction of sp³-hybridized carbons (Fsp3) is 0.417. The van der Waals surface area contributed by atoms with Gasteiger partial charge in [0.15, 0.2) is 0 Å². The molecule has 0 radical (unpaired) electrons. The largest absolute Gasteiger partial charge is 0.399 e. The van der Waals surface area contributed by atoms with Crippen molar-refractivity contribution in [1.82, 2.24) is 10.0 Å². The number of benzene rings is 1. The summed E-state index contributed by atoms with van der Waals surface area (Å²) in [4.78, 5) is 10.6. The van der Waals surface area contributed by atoms with Crippen LogP contribution < -0.4 is 15.8 Å². The van der Waals surface area contributed by atoms with E-state index in [1.165, 1.54) is 13.0 Å². The molecule has 4 N–H and O–H groups in total. The second-order valence-corrected chi connectivity index (χ2v) is 6.54. The first-order valence-corrected chi connectivity index (χ1v) is 7.62. The summed E-state index contributed by atoms with van der Waals surface area (Å²) in [5.74, 6) is -0.928. The van der Waals surface area contributed by atoms with Crippen LogP contribution in [0, 0.1) is 12.7 Å². The normalized spacial score (nSPS) is 19.1. The average molecular weight is 301 g/mol. The molecular formula is C12H16FN3O3S. The molecule has 0 aliphatic carbocycles. The lowest BCUT2D eigenvalue weighted by Crippen LogP contribution is -2.38. The molecule has 0 aromatic heterocycles. The molecule has 1 saturated heterocycles.